The maximum atomic E-state index is 5.70. The highest BCUT2D eigenvalue weighted by atomic mass is 35.5. The molecule has 2 aliphatic heterocycles. The number of nitrogens with zero attached hydrogens (tertiary/aromatic N) is 1. The molecule has 0 aromatic rings. The summed E-state index contributed by atoms with van der Waals surface area (Å²) in [5, 5.41) is 7.63. The van der Waals surface area contributed by atoms with Crippen molar-refractivity contribution in [3.8, 4) is 0 Å². The molecule has 1 saturated carbocycles. The second-order valence-electron chi connectivity index (χ2n) is 8.72. The minimum atomic E-state index is 0. The molecule has 4 nitrogen and oxygen atoms in total. The Balaban J connectivity index is 0.00000208. The fraction of sp³-hybridized carbons (Fsp3) is 1.00. The Morgan fingerprint density at radius 3 is 2.75 bits per heavy atom. The summed E-state index contributed by atoms with van der Waals surface area (Å²) in [6.07, 6.45) is 6.80. The molecule has 3 fully saturated rings. The first kappa shape index (κ1) is 20.4. The second kappa shape index (κ2) is 9.18. The fourth-order valence-electron chi connectivity index (χ4n) is 4.82. The zero-order valence-electron chi connectivity index (χ0n) is 15.9. The summed E-state index contributed by atoms with van der Waals surface area (Å²) >= 11 is 0. The molecule has 142 valence electrons. The zero-order valence-corrected chi connectivity index (χ0v) is 16.7. The van der Waals surface area contributed by atoms with Gasteiger partial charge in [0, 0.05) is 37.3 Å². The second-order valence-corrected chi connectivity index (χ2v) is 8.72. The molecule has 3 rings (SSSR count). The fourth-order valence-corrected chi connectivity index (χ4v) is 4.82. The standard InChI is InChI=1S/C19H37N3O.ClH/c1-15-6-5-10-22(12-15)19(2,3)14-21-17-8-4-7-16(17)18-13-23-11-9-20-18;/h15-18,20-21H,4-14H2,1-3H3;1H. The molecule has 5 heteroatoms. The number of ether oxygens (including phenoxy) is 1. The van der Waals surface area contributed by atoms with E-state index in [-0.39, 0.29) is 17.9 Å². The van der Waals surface area contributed by atoms with Crippen LogP contribution in [0.3, 0.4) is 0 Å². The van der Waals surface area contributed by atoms with E-state index in [1.165, 1.54) is 45.2 Å². The number of piperidine rings is 1. The van der Waals surface area contributed by atoms with Gasteiger partial charge in [0.25, 0.3) is 0 Å². The van der Waals surface area contributed by atoms with Gasteiger partial charge >= 0.3 is 0 Å². The van der Waals surface area contributed by atoms with Gasteiger partial charge in [0.1, 0.15) is 0 Å². The third-order valence-corrected chi connectivity index (χ3v) is 6.35. The highest BCUT2D eigenvalue weighted by Gasteiger charge is 2.36. The molecule has 0 bridgehead atoms. The molecule has 3 aliphatic rings. The summed E-state index contributed by atoms with van der Waals surface area (Å²) in [6.45, 7) is 13.7. The maximum Gasteiger partial charge on any atom is 0.0623 e. The smallest absolute Gasteiger partial charge is 0.0623 e. The highest BCUT2D eigenvalue weighted by molar-refractivity contribution is 5.85. The van der Waals surface area contributed by atoms with Crippen LogP contribution in [0.5, 0.6) is 0 Å². The number of hydrogen-bond donors (Lipinski definition) is 2. The molecule has 24 heavy (non-hydrogen) atoms. The van der Waals surface area contributed by atoms with Crippen LogP contribution in [0.15, 0.2) is 0 Å². The molecule has 2 N–H and O–H groups in total. The molecule has 4 atom stereocenters. The van der Waals surface area contributed by atoms with Gasteiger partial charge in [0.2, 0.25) is 0 Å². The van der Waals surface area contributed by atoms with Crippen molar-refractivity contribution >= 4 is 12.4 Å². The Labute approximate surface area is 154 Å². The first-order valence-corrected chi connectivity index (χ1v) is 9.86. The van der Waals surface area contributed by atoms with E-state index in [1.54, 1.807) is 0 Å². The van der Waals surface area contributed by atoms with Gasteiger partial charge < -0.3 is 15.4 Å². The number of hydrogen-bond acceptors (Lipinski definition) is 4. The average molecular weight is 360 g/mol. The molecule has 1 aliphatic carbocycles. The molecule has 0 radical (unpaired) electrons. The van der Waals surface area contributed by atoms with Gasteiger partial charge in [-0.25, -0.2) is 0 Å². The van der Waals surface area contributed by atoms with E-state index in [4.69, 9.17) is 4.74 Å². The molecule has 2 saturated heterocycles. The van der Waals surface area contributed by atoms with E-state index in [2.05, 4.69) is 36.3 Å². The van der Waals surface area contributed by atoms with Gasteiger partial charge in [0.15, 0.2) is 0 Å². The topological polar surface area (TPSA) is 36.5 Å². The predicted octanol–water partition coefficient (Wildman–Crippen LogP) is 2.67. The highest BCUT2D eigenvalue weighted by Crippen LogP contribution is 2.30. The lowest BCUT2D eigenvalue weighted by atomic mass is 9.91. The normalized spacial score (nSPS) is 35.6. The third-order valence-electron chi connectivity index (χ3n) is 6.35. The monoisotopic (exact) mass is 359 g/mol. The van der Waals surface area contributed by atoms with Crippen LogP contribution < -0.4 is 10.6 Å². The van der Waals surface area contributed by atoms with Gasteiger partial charge in [-0.15, -0.1) is 12.4 Å². The predicted molar refractivity (Wildman–Crippen MR) is 103 cm³/mol. The largest absolute Gasteiger partial charge is 0.379 e. The Kier molecular flexibility index (Phi) is 7.82. The van der Waals surface area contributed by atoms with Crippen molar-refractivity contribution in [1.29, 1.82) is 0 Å². The van der Waals surface area contributed by atoms with Crippen molar-refractivity contribution in [3.63, 3.8) is 0 Å². The Morgan fingerprint density at radius 1 is 1.21 bits per heavy atom. The van der Waals surface area contributed by atoms with Gasteiger partial charge in [-0.05, 0) is 57.9 Å². The Hall–Kier alpha value is 0.130. The van der Waals surface area contributed by atoms with Crippen LogP contribution in [-0.2, 0) is 4.74 Å². The van der Waals surface area contributed by atoms with Crippen LogP contribution in [0.25, 0.3) is 0 Å². The molecular weight excluding hydrogens is 322 g/mol. The lowest BCUT2D eigenvalue weighted by molar-refractivity contribution is 0.0464. The number of nitrogens with one attached hydrogen (secondary N) is 2. The van der Waals surface area contributed by atoms with Crippen molar-refractivity contribution in [3.05, 3.63) is 0 Å². The number of morpholine rings is 1. The van der Waals surface area contributed by atoms with Crippen LogP contribution in [0, 0.1) is 11.8 Å². The number of rotatable bonds is 5. The zero-order chi connectivity index (χ0) is 16.3. The summed E-state index contributed by atoms with van der Waals surface area (Å²) in [6, 6.07) is 1.22. The van der Waals surface area contributed by atoms with Gasteiger partial charge in [-0.3, -0.25) is 4.90 Å². The molecule has 0 spiro atoms. The van der Waals surface area contributed by atoms with E-state index in [9.17, 15) is 0 Å². The quantitative estimate of drug-likeness (QED) is 0.791. The van der Waals surface area contributed by atoms with E-state index >= 15 is 0 Å². The molecule has 0 amide bonds. The SMILES string of the molecule is CC1CCCN(C(C)(C)CNC2CCCC2C2COCCN2)C1.Cl. The molecule has 0 aromatic carbocycles. The lowest BCUT2D eigenvalue weighted by Gasteiger charge is -2.44. The van der Waals surface area contributed by atoms with Crippen molar-refractivity contribution in [2.45, 2.75) is 70.5 Å². The maximum absolute atomic E-state index is 5.70. The molecular formula is C19H38ClN3O. The van der Waals surface area contributed by atoms with Crippen molar-refractivity contribution < 1.29 is 4.74 Å². The summed E-state index contributed by atoms with van der Waals surface area (Å²) in [5.74, 6) is 1.59. The van der Waals surface area contributed by atoms with E-state index in [1.807, 2.05) is 0 Å². The van der Waals surface area contributed by atoms with E-state index < -0.39 is 0 Å². The first-order valence-electron chi connectivity index (χ1n) is 9.86. The van der Waals surface area contributed by atoms with Crippen molar-refractivity contribution in [2.75, 3.05) is 39.4 Å². The van der Waals surface area contributed by atoms with Crippen LogP contribution in [0.2, 0.25) is 0 Å². The molecule has 0 aromatic heterocycles. The van der Waals surface area contributed by atoms with Crippen LogP contribution in [0.4, 0.5) is 0 Å². The van der Waals surface area contributed by atoms with E-state index in [0.717, 1.165) is 38.1 Å². The minimum Gasteiger partial charge on any atom is -0.379 e. The van der Waals surface area contributed by atoms with Gasteiger partial charge in [-0.2, -0.15) is 0 Å². The Morgan fingerprint density at radius 2 is 2.04 bits per heavy atom. The summed E-state index contributed by atoms with van der Waals surface area (Å²) < 4.78 is 5.70. The summed E-state index contributed by atoms with van der Waals surface area (Å²) in [7, 11) is 0. The van der Waals surface area contributed by atoms with E-state index in [0.29, 0.717) is 12.1 Å². The van der Waals surface area contributed by atoms with Crippen LogP contribution in [-0.4, -0.2) is 61.9 Å². The third kappa shape index (κ3) is 5.07. The van der Waals surface area contributed by atoms with Crippen molar-refractivity contribution in [1.82, 2.24) is 15.5 Å². The van der Waals surface area contributed by atoms with Crippen LogP contribution >= 0.6 is 12.4 Å². The summed E-state index contributed by atoms with van der Waals surface area (Å²) in [5.41, 5.74) is 0.262. The van der Waals surface area contributed by atoms with Gasteiger partial charge in [-0.1, -0.05) is 13.3 Å². The van der Waals surface area contributed by atoms with Crippen molar-refractivity contribution in [2.24, 2.45) is 11.8 Å². The first-order chi connectivity index (χ1) is 11.1. The van der Waals surface area contributed by atoms with Crippen LogP contribution in [0.1, 0.15) is 52.9 Å². The molecule has 4 unspecified atom stereocenters. The lowest BCUT2D eigenvalue weighted by Crippen LogP contribution is -2.57. The summed E-state index contributed by atoms with van der Waals surface area (Å²) in [4.78, 5) is 2.71. The Bertz CT molecular complexity index is 374. The van der Waals surface area contributed by atoms with Gasteiger partial charge in [0.05, 0.1) is 13.2 Å². The number of halogens is 1. The average Bonchev–Trinajstić information content (AvgIpc) is 3.02. The molecule has 2 heterocycles. The number of likely N-dealkylation sites (tertiary alicyclic amines) is 1. The minimum absolute atomic E-state index is 0.